The number of aromatic nitrogens is 4. The minimum atomic E-state index is -0.0223. The Balaban J connectivity index is 1.45. The van der Waals surface area contributed by atoms with Crippen molar-refractivity contribution >= 4 is 5.91 Å². The fourth-order valence-corrected chi connectivity index (χ4v) is 4.42. The first-order valence-electron chi connectivity index (χ1n) is 10.9. The first-order valence-corrected chi connectivity index (χ1v) is 10.9. The number of rotatable bonds is 3. The van der Waals surface area contributed by atoms with Crippen LogP contribution in [-0.4, -0.2) is 43.6 Å². The summed E-state index contributed by atoms with van der Waals surface area (Å²) in [6.45, 7) is 3.13. The van der Waals surface area contributed by atoms with E-state index < -0.39 is 0 Å². The van der Waals surface area contributed by atoms with E-state index in [2.05, 4.69) is 22.1 Å². The molecule has 1 amide bonds. The third kappa shape index (κ3) is 3.68. The Morgan fingerprint density at radius 1 is 0.875 bits per heavy atom. The summed E-state index contributed by atoms with van der Waals surface area (Å²) in [7, 11) is 1.99. The van der Waals surface area contributed by atoms with Crippen LogP contribution in [0.3, 0.4) is 0 Å². The maximum Gasteiger partial charge on any atom is 0.257 e. The van der Waals surface area contributed by atoms with E-state index in [0.29, 0.717) is 30.2 Å². The number of fused-ring (bicyclic) bond motifs is 1. The zero-order chi connectivity index (χ0) is 22.1. The van der Waals surface area contributed by atoms with Crippen molar-refractivity contribution in [3.63, 3.8) is 0 Å². The molecule has 5 rings (SSSR count). The first kappa shape index (κ1) is 20.1. The Hall–Kier alpha value is -3.80. The Labute approximate surface area is 187 Å². The molecule has 0 aliphatic carbocycles. The van der Waals surface area contributed by atoms with Crippen molar-refractivity contribution in [3.05, 3.63) is 89.5 Å². The molecule has 32 heavy (non-hydrogen) atoms. The predicted octanol–water partition coefficient (Wildman–Crippen LogP) is 4.09. The quantitative estimate of drug-likeness (QED) is 0.498. The summed E-state index contributed by atoms with van der Waals surface area (Å²) in [5.74, 6) is 0.633. The topological polar surface area (TPSA) is 63.9 Å². The summed E-state index contributed by atoms with van der Waals surface area (Å²) in [4.78, 5) is 24.5. The van der Waals surface area contributed by atoms with Crippen LogP contribution in [0, 0.1) is 6.92 Å². The van der Waals surface area contributed by atoms with Crippen molar-refractivity contribution in [2.75, 3.05) is 13.1 Å². The fraction of sp³-hybridized carbons (Fsp3) is 0.231. The molecule has 3 heterocycles. The monoisotopic (exact) mass is 423 g/mol. The van der Waals surface area contributed by atoms with Gasteiger partial charge in [-0.15, -0.1) is 0 Å². The molecular weight excluding hydrogens is 398 g/mol. The van der Waals surface area contributed by atoms with Gasteiger partial charge < -0.3 is 4.90 Å². The van der Waals surface area contributed by atoms with Gasteiger partial charge >= 0.3 is 0 Å². The molecule has 0 unspecified atom stereocenters. The van der Waals surface area contributed by atoms with Crippen LogP contribution in [0.25, 0.3) is 22.5 Å². The maximum atomic E-state index is 13.6. The van der Waals surface area contributed by atoms with Gasteiger partial charge in [0.1, 0.15) is 5.82 Å². The van der Waals surface area contributed by atoms with Crippen LogP contribution in [0.1, 0.15) is 27.4 Å². The van der Waals surface area contributed by atoms with E-state index in [1.54, 1.807) is 6.20 Å². The Morgan fingerprint density at radius 2 is 1.50 bits per heavy atom. The molecule has 0 radical (unpaired) electrons. The highest BCUT2D eigenvalue weighted by molar-refractivity contribution is 5.99. The summed E-state index contributed by atoms with van der Waals surface area (Å²) in [5, 5.41) is 4.79. The number of carbonyl (C=O) groups excluding carboxylic acids is 1. The molecule has 0 saturated carbocycles. The lowest BCUT2D eigenvalue weighted by molar-refractivity contribution is 0.0762. The third-order valence-corrected chi connectivity index (χ3v) is 6.05. The minimum absolute atomic E-state index is 0.0223. The molecule has 0 N–H and O–H groups in total. The van der Waals surface area contributed by atoms with E-state index in [1.165, 1.54) is 11.3 Å². The van der Waals surface area contributed by atoms with Gasteiger partial charge in [-0.1, -0.05) is 60.7 Å². The molecule has 160 valence electrons. The molecular formula is C26H25N5O. The van der Waals surface area contributed by atoms with Gasteiger partial charge in [0.25, 0.3) is 5.91 Å². The molecule has 1 aliphatic heterocycles. The number of nitrogens with zero attached hydrogens (tertiary/aromatic N) is 5. The van der Waals surface area contributed by atoms with Crippen molar-refractivity contribution in [1.82, 2.24) is 24.6 Å². The van der Waals surface area contributed by atoms with Gasteiger partial charge in [0, 0.05) is 55.1 Å². The fourth-order valence-electron chi connectivity index (χ4n) is 4.42. The van der Waals surface area contributed by atoms with Gasteiger partial charge in [0.2, 0.25) is 0 Å². The Kier molecular flexibility index (Phi) is 5.27. The molecule has 1 aliphatic rings. The van der Waals surface area contributed by atoms with E-state index >= 15 is 0 Å². The second-order valence-electron chi connectivity index (χ2n) is 8.10. The zero-order valence-electron chi connectivity index (χ0n) is 18.3. The molecule has 0 atom stereocenters. The second-order valence-corrected chi connectivity index (χ2v) is 8.10. The van der Waals surface area contributed by atoms with Gasteiger partial charge in [0.15, 0.2) is 0 Å². The molecule has 0 bridgehead atoms. The van der Waals surface area contributed by atoms with Crippen LogP contribution in [0.15, 0.2) is 66.9 Å². The highest BCUT2D eigenvalue weighted by Crippen LogP contribution is 2.29. The van der Waals surface area contributed by atoms with Crippen molar-refractivity contribution in [2.24, 2.45) is 7.05 Å². The van der Waals surface area contributed by atoms with Crippen LogP contribution in [-0.2, 0) is 19.9 Å². The van der Waals surface area contributed by atoms with Gasteiger partial charge in [-0.3, -0.25) is 9.48 Å². The van der Waals surface area contributed by atoms with Gasteiger partial charge in [-0.25, -0.2) is 9.97 Å². The molecule has 0 fully saturated rings. The molecule has 6 nitrogen and oxygen atoms in total. The van der Waals surface area contributed by atoms with E-state index in [-0.39, 0.29) is 5.91 Å². The summed E-state index contributed by atoms with van der Waals surface area (Å²) in [6.07, 6.45) is 3.21. The predicted molar refractivity (Wildman–Crippen MR) is 124 cm³/mol. The van der Waals surface area contributed by atoms with Crippen LogP contribution in [0.2, 0.25) is 0 Å². The number of aryl methyl sites for hydroxylation is 2. The standard InChI is InChI=1S/C26H25N5O/c1-18-27-17-22(24(28-18)19-9-5-3-6-10-19)26(32)31-15-13-21-23(14-16-31)30(2)29-25(21)20-11-7-4-8-12-20/h3-12,17H,13-16H2,1-2H3. The smallest absolute Gasteiger partial charge is 0.257 e. The Bertz CT molecular complexity index is 1260. The lowest BCUT2D eigenvalue weighted by atomic mass is 10.0. The molecule has 0 spiro atoms. The number of benzene rings is 2. The maximum absolute atomic E-state index is 13.6. The highest BCUT2D eigenvalue weighted by Gasteiger charge is 2.27. The molecule has 2 aromatic heterocycles. The second kappa shape index (κ2) is 8.38. The summed E-state index contributed by atoms with van der Waals surface area (Å²) in [6, 6.07) is 20.1. The lowest BCUT2D eigenvalue weighted by Crippen LogP contribution is -2.34. The van der Waals surface area contributed by atoms with E-state index in [9.17, 15) is 4.79 Å². The van der Waals surface area contributed by atoms with Crippen molar-refractivity contribution in [3.8, 4) is 22.5 Å². The molecule has 6 heteroatoms. The van der Waals surface area contributed by atoms with E-state index in [4.69, 9.17) is 5.10 Å². The highest BCUT2D eigenvalue weighted by atomic mass is 16.2. The number of carbonyl (C=O) groups is 1. The zero-order valence-corrected chi connectivity index (χ0v) is 18.3. The van der Waals surface area contributed by atoms with Crippen LogP contribution in [0.5, 0.6) is 0 Å². The number of hydrogen-bond acceptors (Lipinski definition) is 4. The SMILES string of the molecule is Cc1ncc(C(=O)N2CCc3c(-c4ccccc4)nn(C)c3CC2)c(-c2ccccc2)n1. The van der Waals surface area contributed by atoms with Gasteiger partial charge in [-0.2, -0.15) is 5.10 Å². The normalized spacial score (nSPS) is 13.5. The minimum Gasteiger partial charge on any atom is -0.338 e. The number of hydrogen-bond donors (Lipinski definition) is 0. The van der Waals surface area contributed by atoms with Crippen LogP contribution in [0.4, 0.5) is 0 Å². The summed E-state index contributed by atoms with van der Waals surface area (Å²) >= 11 is 0. The summed E-state index contributed by atoms with van der Waals surface area (Å²) in [5.41, 5.74) is 6.73. The van der Waals surface area contributed by atoms with Crippen molar-refractivity contribution in [1.29, 1.82) is 0 Å². The molecule has 2 aromatic carbocycles. The summed E-state index contributed by atoms with van der Waals surface area (Å²) < 4.78 is 1.97. The average molecular weight is 424 g/mol. The van der Waals surface area contributed by atoms with Gasteiger partial charge in [-0.05, 0) is 13.3 Å². The third-order valence-electron chi connectivity index (χ3n) is 6.05. The van der Waals surface area contributed by atoms with E-state index in [0.717, 1.165) is 29.7 Å². The average Bonchev–Trinajstić information content (AvgIpc) is 3.00. The Morgan fingerprint density at radius 3 is 2.19 bits per heavy atom. The van der Waals surface area contributed by atoms with Crippen molar-refractivity contribution in [2.45, 2.75) is 19.8 Å². The molecule has 0 saturated heterocycles. The van der Waals surface area contributed by atoms with Gasteiger partial charge in [0.05, 0.1) is 17.0 Å². The van der Waals surface area contributed by atoms with Crippen molar-refractivity contribution < 1.29 is 4.79 Å². The van der Waals surface area contributed by atoms with Crippen LogP contribution < -0.4 is 0 Å². The van der Waals surface area contributed by atoms with E-state index in [1.807, 2.05) is 72.1 Å². The largest absolute Gasteiger partial charge is 0.338 e. The van der Waals surface area contributed by atoms with Crippen LogP contribution >= 0.6 is 0 Å². The number of amides is 1. The first-order chi connectivity index (χ1) is 15.6. The lowest BCUT2D eigenvalue weighted by Gasteiger charge is -2.21. The molecule has 4 aromatic rings.